The molecule has 8 heteroatoms. The van der Waals surface area contributed by atoms with Gasteiger partial charge in [0.15, 0.2) is 0 Å². The fourth-order valence-electron chi connectivity index (χ4n) is 3.61. The van der Waals surface area contributed by atoms with E-state index in [-0.39, 0.29) is 11.1 Å². The number of halogens is 1. The number of nitrogens with zero attached hydrogens (tertiary/aromatic N) is 4. The molecule has 32 heavy (non-hydrogen) atoms. The van der Waals surface area contributed by atoms with Crippen molar-refractivity contribution in [2.45, 2.75) is 27.2 Å². The quantitative estimate of drug-likeness (QED) is 0.413. The molecule has 0 radical (unpaired) electrons. The third-order valence-electron chi connectivity index (χ3n) is 5.22. The number of aryl methyl sites for hydroxylation is 3. The second-order valence-electron chi connectivity index (χ2n) is 7.42. The van der Waals surface area contributed by atoms with E-state index < -0.39 is 11.9 Å². The highest BCUT2D eigenvalue weighted by atomic mass is 19.1. The van der Waals surface area contributed by atoms with Crippen molar-refractivity contribution >= 4 is 17.5 Å². The summed E-state index contributed by atoms with van der Waals surface area (Å²) in [5.41, 5.74) is 4.36. The molecule has 0 aliphatic rings. The maximum Gasteiger partial charge on any atom is 0.337 e. The van der Waals surface area contributed by atoms with Gasteiger partial charge in [0.05, 0.1) is 34.4 Å². The number of pyridine rings is 2. The van der Waals surface area contributed by atoms with E-state index >= 15 is 0 Å². The summed E-state index contributed by atoms with van der Waals surface area (Å²) in [6, 6.07) is 10.2. The van der Waals surface area contributed by atoms with Gasteiger partial charge in [-0.15, -0.1) is 0 Å². The molecule has 0 saturated carbocycles. The summed E-state index contributed by atoms with van der Waals surface area (Å²) in [5, 5.41) is 17.7. The highest BCUT2D eigenvalue weighted by Crippen LogP contribution is 2.38. The molecule has 0 spiro atoms. The summed E-state index contributed by atoms with van der Waals surface area (Å²) in [5.74, 6) is -1.25. The Morgan fingerprint density at radius 2 is 2.00 bits per heavy atom. The molecule has 2 N–H and O–H groups in total. The predicted octanol–water partition coefficient (Wildman–Crippen LogP) is 5.09. The van der Waals surface area contributed by atoms with Crippen LogP contribution in [0.2, 0.25) is 0 Å². The molecule has 4 aromatic rings. The number of aromatic nitrogens is 4. The molecule has 0 amide bonds. The monoisotopic (exact) mass is 431 g/mol. The Morgan fingerprint density at radius 1 is 1.19 bits per heavy atom. The Labute approximate surface area is 184 Å². The van der Waals surface area contributed by atoms with E-state index in [0.717, 1.165) is 11.1 Å². The van der Waals surface area contributed by atoms with Gasteiger partial charge in [0, 0.05) is 18.0 Å². The fraction of sp³-hybridized carbons (Fsp3) is 0.167. The van der Waals surface area contributed by atoms with Crippen molar-refractivity contribution in [1.29, 1.82) is 0 Å². The average Bonchev–Trinajstić information content (AvgIpc) is 3.13. The molecule has 0 saturated heterocycles. The van der Waals surface area contributed by atoms with Crippen LogP contribution >= 0.6 is 0 Å². The first kappa shape index (κ1) is 21.2. The van der Waals surface area contributed by atoms with Gasteiger partial charge in [0.25, 0.3) is 0 Å². The van der Waals surface area contributed by atoms with Gasteiger partial charge in [0.1, 0.15) is 5.82 Å². The molecule has 4 rings (SSSR count). The fourth-order valence-corrected chi connectivity index (χ4v) is 3.61. The lowest BCUT2D eigenvalue weighted by molar-refractivity contribution is 0.0698. The van der Waals surface area contributed by atoms with E-state index in [2.05, 4.69) is 15.3 Å². The van der Waals surface area contributed by atoms with Gasteiger partial charge in [-0.1, -0.05) is 18.6 Å². The van der Waals surface area contributed by atoms with E-state index in [1.54, 1.807) is 41.3 Å². The van der Waals surface area contributed by atoms with Gasteiger partial charge < -0.3 is 10.4 Å². The number of nitrogens with one attached hydrogen (secondary N) is 1. The van der Waals surface area contributed by atoms with Crippen LogP contribution in [0.1, 0.15) is 34.1 Å². The Hall–Kier alpha value is -4.07. The SMILES string of the molecule is CCc1nn(-c2cnccc2C)c(Nc2ccc(C)cc2C(=O)O)c1-c1cccnc1F. The van der Waals surface area contributed by atoms with Crippen LogP contribution in [0.3, 0.4) is 0 Å². The number of anilines is 2. The lowest BCUT2D eigenvalue weighted by Gasteiger charge is -2.15. The summed E-state index contributed by atoms with van der Waals surface area (Å²) < 4.78 is 16.4. The van der Waals surface area contributed by atoms with Gasteiger partial charge in [-0.25, -0.2) is 14.5 Å². The normalized spacial score (nSPS) is 10.9. The van der Waals surface area contributed by atoms with Crippen molar-refractivity contribution in [2.24, 2.45) is 0 Å². The highest BCUT2D eigenvalue weighted by Gasteiger charge is 2.24. The molecular formula is C24H22FN5O2. The lowest BCUT2D eigenvalue weighted by atomic mass is 10.0. The van der Waals surface area contributed by atoms with E-state index in [9.17, 15) is 14.3 Å². The zero-order valence-corrected chi connectivity index (χ0v) is 17.9. The van der Waals surface area contributed by atoms with Crippen molar-refractivity contribution in [3.63, 3.8) is 0 Å². The number of carboxylic acid groups (broad SMARTS) is 1. The third-order valence-corrected chi connectivity index (χ3v) is 5.22. The largest absolute Gasteiger partial charge is 0.478 e. The molecule has 0 bridgehead atoms. The van der Waals surface area contributed by atoms with Gasteiger partial charge >= 0.3 is 5.97 Å². The van der Waals surface area contributed by atoms with Crippen molar-refractivity contribution < 1.29 is 14.3 Å². The number of hydrogen-bond donors (Lipinski definition) is 2. The summed E-state index contributed by atoms with van der Waals surface area (Å²) in [6.45, 7) is 5.68. The number of carbonyl (C=O) groups is 1. The molecule has 0 aliphatic heterocycles. The van der Waals surface area contributed by atoms with Gasteiger partial charge in [-0.2, -0.15) is 9.49 Å². The molecule has 1 aromatic carbocycles. The van der Waals surface area contributed by atoms with Crippen molar-refractivity contribution in [2.75, 3.05) is 5.32 Å². The minimum Gasteiger partial charge on any atom is -0.478 e. The van der Waals surface area contributed by atoms with E-state index in [1.165, 1.54) is 6.20 Å². The van der Waals surface area contributed by atoms with Crippen LogP contribution in [0.15, 0.2) is 55.0 Å². The summed E-state index contributed by atoms with van der Waals surface area (Å²) >= 11 is 0. The van der Waals surface area contributed by atoms with Crippen LogP contribution in [0, 0.1) is 19.8 Å². The zero-order valence-electron chi connectivity index (χ0n) is 17.9. The topological polar surface area (TPSA) is 92.9 Å². The van der Waals surface area contributed by atoms with E-state index in [0.29, 0.717) is 34.9 Å². The van der Waals surface area contributed by atoms with Gasteiger partial charge in [-0.3, -0.25) is 4.98 Å². The maximum absolute atomic E-state index is 14.8. The molecule has 0 unspecified atom stereocenters. The number of aromatic carboxylic acids is 1. The first-order chi connectivity index (χ1) is 15.4. The Bertz CT molecular complexity index is 1320. The third kappa shape index (κ3) is 3.82. The smallest absolute Gasteiger partial charge is 0.337 e. The molecule has 3 aromatic heterocycles. The van der Waals surface area contributed by atoms with Crippen LogP contribution in [0.25, 0.3) is 16.8 Å². The van der Waals surface area contributed by atoms with E-state index in [4.69, 9.17) is 5.10 Å². The van der Waals surface area contributed by atoms with Crippen LogP contribution in [0.4, 0.5) is 15.9 Å². The minimum absolute atomic E-state index is 0.108. The maximum atomic E-state index is 14.8. The summed E-state index contributed by atoms with van der Waals surface area (Å²) in [6.07, 6.45) is 5.27. The number of benzene rings is 1. The molecular weight excluding hydrogens is 409 g/mol. The summed E-state index contributed by atoms with van der Waals surface area (Å²) in [7, 11) is 0. The van der Waals surface area contributed by atoms with E-state index in [1.807, 2.05) is 32.9 Å². The summed E-state index contributed by atoms with van der Waals surface area (Å²) in [4.78, 5) is 19.9. The number of carboxylic acids is 1. The van der Waals surface area contributed by atoms with Crippen LogP contribution in [0.5, 0.6) is 0 Å². The van der Waals surface area contributed by atoms with Gasteiger partial charge in [0.2, 0.25) is 5.95 Å². The Kier molecular flexibility index (Phi) is 5.68. The van der Waals surface area contributed by atoms with Crippen LogP contribution in [-0.2, 0) is 6.42 Å². The molecule has 3 heterocycles. The standard InChI is InChI=1S/C24H22FN5O2/c1-4-18-21(16-6-5-10-27-22(16)25)23(30(29-18)20-13-26-11-9-15(20)3)28-19-8-7-14(2)12-17(19)24(31)32/h5-13,28H,4H2,1-3H3,(H,31,32). The number of rotatable bonds is 6. The van der Waals surface area contributed by atoms with Crippen molar-refractivity contribution in [1.82, 2.24) is 19.7 Å². The molecule has 7 nitrogen and oxygen atoms in total. The Balaban J connectivity index is 2.02. The van der Waals surface area contributed by atoms with Crippen LogP contribution < -0.4 is 5.32 Å². The first-order valence-corrected chi connectivity index (χ1v) is 10.2. The molecule has 0 aliphatic carbocycles. The van der Waals surface area contributed by atoms with Gasteiger partial charge in [-0.05, 0) is 56.2 Å². The zero-order chi connectivity index (χ0) is 22.8. The minimum atomic E-state index is -1.07. The molecule has 0 atom stereocenters. The Morgan fingerprint density at radius 3 is 2.69 bits per heavy atom. The lowest BCUT2D eigenvalue weighted by Crippen LogP contribution is -2.09. The second-order valence-corrected chi connectivity index (χ2v) is 7.42. The van der Waals surface area contributed by atoms with Crippen molar-refractivity contribution in [3.05, 3.63) is 83.3 Å². The molecule has 0 fully saturated rings. The molecule has 162 valence electrons. The van der Waals surface area contributed by atoms with Crippen LogP contribution in [-0.4, -0.2) is 30.8 Å². The second kappa shape index (κ2) is 8.58. The average molecular weight is 431 g/mol. The van der Waals surface area contributed by atoms with Crippen molar-refractivity contribution in [3.8, 4) is 16.8 Å². The predicted molar refractivity (Wildman–Crippen MR) is 120 cm³/mol. The first-order valence-electron chi connectivity index (χ1n) is 10.2. The number of hydrogen-bond acceptors (Lipinski definition) is 5. The highest BCUT2D eigenvalue weighted by molar-refractivity contribution is 5.96.